The number of aromatic nitrogens is 4. The standard InChI is InChI=1S/C21H23N5O/c1-13(2)25-11-8-14(9-12-25)26-20-18-17(7-10-22-20)23-24-19(18)15-5-3-4-6-16(15)21(26)27/h3-7,10,13-14,22H,8-9,11-12H2,1-2H3. The molecular formula is C21H23N5O. The number of nitrogens with zero attached hydrogens (tertiary/aromatic N) is 4. The first kappa shape index (κ1) is 16.4. The largest absolute Gasteiger partial charge is 0.347 e. The average molecular weight is 361 g/mol. The van der Waals surface area contributed by atoms with Gasteiger partial charge in [-0.15, -0.1) is 10.2 Å². The maximum atomic E-state index is 13.6. The predicted molar refractivity (Wildman–Crippen MR) is 108 cm³/mol. The molecule has 0 unspecified atom stereocenters. The van der Waals surface area contributed by atoms with Crippen LogP contribution in [0, 0.1) is 0 Å². The average Bonchev–Trinajstić information content (AvgIpc) is 3.09. The Labute approximate surface area is 156 Å². The molecule has 6 heteroatoms. The van der Waals surface area contributed by atoms with Gasteiger partial charge in [-0.2, -0.15) is 0 Å². The van der Waals surface area contributed by atoms with Gasteiger partial charge in [0.25, 0.3) is 5.56 Å². The van der Waals surface area contributed by atoms with E-state index in [1.54, 1.807) is 0 Å². The van der Waals surface area contributed by atoms with Gasteiger partial charge in [-0.05, 0) is 38.8 Å². The lowest BCUT2D eigenvalue weighted by Gasteiger charge is -2.35. The van der Waals surface area contributed by atoms with Crippen molar-refractivity contribution in [1.82, 2.24) is 24.6 Å². The first-order valence-electron chi connectivity index (χ1n) is 9.66. The van der Waals surface area contributed by atoms with E-state index in [4.69, 9.17) is 0 Å². The summed E-state index contributed by atoms with van der Waals surface area (Å²) in [5, 5.41) is 11.3. The van der Waals surface area contributed by atoms with E-state index in [-0.39, 0.29) is 11.6 Å². The summed E-state index contributed by atoms with van der Waals surface area (Å²) in [5.41, 5.74) is 2.50. The summed E-state index contributed by atoms with van der Waals surface area (Å²) in [6.07, 6.45) is 3.79. The Balaban J connectivity index is 1.83. The van der Waals surface area contributed by atoms with Crippen molar-refractivity contribution < 1.29 is 0 Å². The van der Waals surface area contributed by atoms with Gasteiger partial charge in [-0.1, -0.05) is 18.2 Å². The summed E-state index contributed by atoms with van der Waals surface area (Å²) in [7, 11) is 0. The molecule has 0 spiro atoms. The summed E-state index contributed by atoms with van der Waals surface area (Å²) in [6, 6.07) is 10.4. The van der Waals surface area contributed by atoms with Gasteiger partial charge in [-0.25, -0.2) is 0 Å². The molecule has 6 nitrogen and oxygen atoms in total. The van der Waals surface area contributed by atoms with Crippen molar-refractivity contribution in [3.8, 4) is 0 Å². The Morgan fingerprint density at radius 1 is 1.07 bits per heavy atom. The van der Waals surface area contributed by atoms with Crippen LogP contribution in [0.1, 0.15) is 32.7 Å². The van der Waals surface area contributed by atoms with Gasteiger partial charge in [-0.3, -0.25) is 9.36 Å². The zero-order chi connectivity index (χ0) is 18.5. The first-order chi connectivity index (χ1) is 13.1. The molecule has 0 amide bonds. The van der Waals surface area contributed by atoms with Crippen LogP contribution in [0.5, 0.6) is 0 Å². The summed E-state index contributed by atoms with van der Waals surface area (Å²) >= 11 is 0. The molecule has 1 aliphatic rings. The van der Waals surface area contributed by atoms with E-state index in [2.05, 4.69) is 33.9 Å². The highest BCUT2D eigenvalue weighted by atomic mass is 16.1. The molecule has 0 saturated carbocycles. The number of hydrogen-bond donors (Lipinski definition) is 1. The molecule has 1 aromatic carbocycles. The molecule has 5 rings (SSSR count). The minimum Gasteiger partial charge on any atom is -0.347 e. The lowest BCUT2D eigenvalue weighted by Crippen LogP contribution is -2.40. The van der Waals surface area contributed by atoms with Gasteiger partial charge in [0.05, 0.1) is 5.39 Å². The number of nitrogens with one attached hydrogen (secondary N) is 1. The maximum absolute atomic E-state index is 13.6. The molecule has 0 aliphatic carbocycles. The Morgan fingerprint density at radius 3 is 2.56 bits per heavy atom. The summed E-state index contributed by atoms with van der Waals surface area (Å²) in [5.74, 6) is 0. The second-order valence-electron chi connectivity index (χ2n) is 7.72. The van der Waals surface area contributed by atoms with Crippen molar-refractivity contribution >= 4 is 32.8 Å². The maximum Gasteiger partial charge on any atom is 0.260 e. The highest BCUT2D eigenvalue weighted by Gasteiger charge is 2.25. The second kappa shape index (κ2) is 6.16. The number of piperidine rings is 1. The van der Waals surface area contributed by atoms with Crippen LogP contribution >= 0.6 is 0 Å². The number of fused-ring (bicyclic) bond motifs is 2. The quantitative estimate of drug-likeness (QED) is 0.594. The number of hydrogen-bond acceptors (Lipinski definition) is 4. The minimum atomic E-state index is 0.0512. The fourth-order valence-corrected chi connectivity index (χ4v) is 4.44. The van der Waals surface area contributed by atoms with Crippen LogP contribution in [-0.2, 0) is 0 Å². The molecule has 4 aromatic rings. The zero-order valence-corrected chi connectivity index (χ0v) is 15.6. The number of aromatic amines is 1. The molecule has 3 aromatic heterocycles. The number of likely N-dealkylation sites (tertiary alicyclic amines) is 1. The molecule has 1 saturated heterocycles. The van der Waals surface area contributed by atoms with Crippen LogP contribution in [-0.4, -0.2) is 43.8 Å². The van der Waals surface area contributed by atoms with Gasteiger partial charge in [0, 0.05) is 42.1 Å². The van der Waals surface area contributed by atoms with Crippen molar-refractivity contribution in [2.24, 2.45) is 0 Å². The van der Waals surface area contributed by atoms with Crippen molar-refractivity contribution in [2.45, 2.75) is 38.8 Å². The lowest BCUT2D eigenvalue weighted by atomic mass is 10.0. The Kier molecular flexibility index (Phi) is 3.75. The number of rotatable bonds is 2. The van der Waals surface area contributed by atoms with Crippen LogP contribution in [0.4, 0.5) is 0 Å². The van der Waals surface area contributed by atoms with Crippen molar-refractivity contribution in [3.05, 3.63) is 46.9 Å². The summed E-state index contributed by atoms with van der Waals surface area (Å²) in [4.78, 5) is 19.4. The Hall–Kier alpha value is -2.73. The van der Waals surface area contributed by atoms with Crippen LogP contribution in [0.2, 0.25) is 0 Å². The van der Waals surface area contributed by atoms with Crippen molar-refractivity contribution in [3.63, 3.8) is 0 Å². The normalized spacial score (nSPS) is 16.9. The number of benzene rings is 1. The molecule has 1 N–H and O–H groups in total. The van der Waals surface area contributed by atoms with Crippen LogP contribution in [0.15, 0.2) is 41.3 Å². The monoisotopic (exact) mass is 361 g/mol. The zero-order valence-electron chi connectivity index (χ0n) is 15.6. The summed E-state index contributed by atoms with van der Waals surface area (Å²) < 4.78 is 1.97. The first-order valence-corrected chi connectivity index (χ1v) is 9.66. The molecule has 1 aliphatic heterocycles. The second-order valence-corrected chi connectivity index (χ2v) is 7.72. The third kappa shape index (κ3) is 2.47. The molecular weight excluding hydrogens is 338 g/mol. The molecule has 0 radical (unpaired) electrons. The lowest BCUT2D eigenvalue weighted by molar-refractivity contribution is 0.152. The number of H-pyrrole nitrogens is 1. The van der Waals surface area contributed by atoms with Crippen LogP contribution < -0.4 is 5.56 Å². The summed E-state index contributed by atoms with van der Waals surface area (Å²) in [6.45, 7) is 6.48. The number of pyridine rings is 1. The Morgan fingerprint density at radius 2 is 1.81 bits per heavy atom. The highest BCUT2D eigenvalue weighted by molar-refractivity contribution is 6.14. The smallest absolute Gasteiger partial charge is 0.260 e. The molecule has 138 valence electrons. The van der Waals surface area contributed by atoms with Gasteiger partial charge in [0.1, 0.15) is 16.7 Å². The molecule has 27 heavy (non-hydrogen) atoms. The van der Waals surface area contributed by atoms with Crippen LogP contribution in [0.25, 0.3) is 32.8 Å². The fourth-order valence-electron chi connectivity index (χ4n) is 4.44. The van der Waals surface area contributed by atoms with Crippen molar-refractivity contribution in [2.75, 3.05) is 13.1 Å². The van der Waals surface area contributed by atoms with Gasteiger partial charge in [0.15, 0.2) is 0 Å². The molecule has 1 fully saturated rings. The Bertz CT molecular complexity index is 1200. The van der Waals surface area contributed by atoms with E-state index < -0.39 is 0 Å². The van der Waals surface area contributed by atoms with E-state index in [1.807, 2.05) is 41.1 Å². The van der Waals surface area contributed by atoms with Crippen LogP contribution in [0.3, 0.4) is 0 Å². The molecule has 4 heterocycles. The van der Waals surface area contributed by atoms with Gasteiger partial charge >= 0.3 is 0 Å². The van der Waals surface area contributed by atoms with E-state index in [9.17, 15) is 4.79 Å². The highest BCUT2D eigenvalue weighted by Crippen LogP contribution is 2.30. The van der Waals surface area contributed by atoms with E-state index in [1.165, 1.54) is 0 Å². The third-order valence-corrected chi connectivity index (χ3v) is 5.92. The van der Waals surface area contributed by atoms with E-state index in [0.29, 0.717) is 11.4 Å². The van der Waals surface area contributed by atoms with E-state index in [0.717, 1.165) is 53.4 Å². The van der Waals surface area contributed by atoms with Gasteiger partial charge in [0.2, 0.25) is 0 Å². The van der Waals surface area contributed by atoms with E-state index >= 15 is 0 Å². The molecule has 0 atom stereocenters. The minimum absolute atomic E-state index is 0.0512. The predicted octanol–water partition coefficient (Wildman–Crippen LogP) is 3.47. The van der Waals surface area contributed by atoms with Crippen molar-refractivity contribution in [1.29, 1.82) is 0 Å². The fraction of sp³-hybridized carbons (Fsp3) is 0.381. The van der Waals surface area contributed by atoms with Gasteiger partial charge < -0.3 is 9.88 Å². The topological polar surface area (TPSA) is 66.8 Å². The molecule has 0 bridgehead atoms. The third-order valence-electron chi connectivity index (χ3n) is 5.92. The SMILES string of the molecule is CC(C)N1CCC(n2c(=O)c3ccccc3c3nnc4cc[nH]c2c43)CC1.